The Morgan fingerprint density at radius 3 is 1.43 bits per heavy atom. The first-order valence-corrected chi connectivity index (χ1v) is 17.8. The van der Waals surface area contributed by atoms with Crippen LogP contribution in [0.2, 0.25) is 0 Å². The van der Waals surface area contributed by atoms with E-state index in [0.717, 1.165) is 7.11 Å². The number of esters is 5. The van der Waals surface area contributed by atoms with Gasteiger partial charge in [-0.3, -0.25) is 20.2 Å². The lowest BCUT2D eigenvalue weighted by molar-refractivity contribution is -0.395. The third kappa shape index (κ3) is 9.75. The third-order valence-electron chi connectivity index (χ3n) is 8.84. The van der Waals surface area contributed by atoms with E-state index in [4.69, 9.17) is 33.2 Å². The molecule has 306 valence electrons. The summed E-state index contributed by atoms with van der Waals surface area (Å²) in [6.07, 6.45) is -9.60. The predicted octanol–water partition coefficient (Wildman–Crippen LogP) is 5.93. The second-order valence-corrected chi connectivity index (χ2v) is 12.7. The van der Waals surface area contributed by atoms with Gasteiger partial charge in [-0.05, 0) is 48.5 Å². The fraction of sp³-hybridized carbons (Fsp3) is 0.167. The van der Waals surface area contributed by atoms with Gasteiger partial charge in [-0.1, -0.05) is 72.8 Å². The van der Waals surface area contributed by atoms with Gasteiger partial charge in [0.2, 0.25) is 18.1 Å². The lowest BCUT2D eigenvalue weighted by Crippen LogP contribution is -2.64. The minimum atomic E-state index is -2.15. The number of nitro groups is 2. The number of carbonyl (C=O) groups excluding carboxylic acids is 5. The number of hydrogen-bond donors (Lipinski definition) is 0. The van der Waals surface area contributed by atoms with Crippen molar-refractivity contribution in [2.45, 2.75) is 30.7 Å². The average molecular weight is 821 g/mol. The quantitative estimate of drug-likeness (QED) is 0.0546. The summed E-state index contributed by atoms with van der Waals surface area (Å²) in [5.41, 5.74) is -2.77. The number of nitrogens with zero attached hydrogens (tertiary/aromatic N) is 2. The van der Waals surface area contributed by atoms with Crippen LogP contribution in [0.4, 0.5) is 11.4 Å². The maximum absolute atomic E-state index is 13.9. The Morgan fingerprint density at radius 2 is 1.00 bits per heavy atom. The molecule has 0 aromatic heterocycles. The number of non-ortho nitro benzene ring substituents is 1. The van der Waals surface area contributed by atoms with Gasteiger partial charge in [0, 0.05) is 6.07 Å². The normalized spacial score (nSPS) is 18.2. The maximum Gasteiger partial charge on any atom is 0.342 e. The molecule has 1 heterocycles. The van der Waals surface area contributed by atoms with Crippen LogP contribution < -0.4 is 4.74 Å². The van der Waals surface area contributed by atoms with Crippen molar-refractivity contribution in [2.75, 3.05) is 13.7 Å². The number of rotatable bonds is 14. The lowest BCUT2D eigenvalue weighted by atomic mass is 9.97. The molecule has 0 saturated carbocycles. The van der Waals surface area contributed by atoms with Crippen molar-refractivity contribution >= 4 is 41.2 Å². The highest BCUT2D eigenvalue weighted by Gasteiger charge is 2.55. The van der Waals surface area contributed by atoms with E-state index in [2.05, 4.69) is 0 Å². The van der Waals surface area contributed by atoms with E-state index in [0.29, 0.717) is 12.1 Å². The summed E-state index contributed by atoms with van der Waals surface area (Å²) in [5.74, 6) is -6.25. The zero-order valence-electron chi connectivity index (χ0n) is 31.2. The molecule has 0 bridgehead atoms. The van der Waals surface area contributed by atoms with Crippen LogP contribution in [0.1, 0.15) is 51.8 Å². The van der Waals surface area contributed by atoms with Crippen LogP contribution >= 0.6 is 0 Å². The summed E-state index contributed by atoms with van der Waals surface area (Å²) in [4.78, 5) is 89.9. The summed E-state index contributed by atoms with van der Waals surface area (Å²) < 4.78 is 40.4. The van der Waals surface area contributed by atoms with Gasteiger partial charge in [0.05, 0.1) is 45.3 Å². The molecule has 1 aliphatic heterocycles. The second-order valence-electron chi connectivity index (χ2n) is 12.7. The SMILES string of the molecule is COC(=O)c1cc([N+](=O)[O-])cc([N+](=O)[O-])c1O[C@@H]1O[C@H](COC(=O)c2ccccc2)[C@@H](OC(=O)c2ccccc2)[C@H](OC(=O)c2ccccc2)[C@H]1OC(=O)c1ccccc1. The minimum Gasteiger partial charge on any atom is -0.465 e. The zero-order valence-corrected chi connectivity index (χ0v) is 31.2. The Labute approximate surface area is 339 Å². The zero-order chi connectivity index (χ0) is 42.8. The van der Waals surface area contributed by atoms with Crippen LogP contribution in [-0.4, -0.2) is 84.1 Å². The van der Waals surface area contributed by atoms with E-state index in [-0.39, 0.29) is 22.3 Å². The number of hydrogen-bond acceptors (Lipinski definition) is 16. The molecule has 0 spiro atoms. The van der Waals surface area contributed by atoms with Gasteiger partial charge in [0.15, 0.2) is 12.2 Å². The smallest absolute Gasteiger partial charge is 0.342 e. The highest BCUT2D eigenvalue weighted by atomic mass is 16.7. The number of ether oxygens (including phenoxy) is 7. The number of methoxy groups -OCH3 is 1. The summed E-state index contributed by atoms with van der Waals surface area (Å²) in [6, 6.07) is 31.3. The van der Waals surface area contributed by atoms with E-state index in [9.17, 15) is 44.2 Å². The molecule has 0 aliphatic carbocycles. The predicted molar refractivity (Wildman–Crippen MR) is 204 cm³/mol. The molecule has 5 atom stereocenters. The van der Waals surface area contributed by atoms with Gasteiger partial charge < -0.3 is 33.2 Å². The van der Waals surface area contributed by atoms with Crippen molar-refractivity contribution in [1.82, 2.24) is 0 Å². The largest absolute Gasteiger partial charge is 0.465 e. The average Bonchev–Trinajstić information content (AvgIpc) is 3.28. The Hall–Kier alpha value is -7.99. The van der Waals surface area contributed by atoms with E-state index < -0.39 is 99.7 Å². The first-order valence-electron chi connectivity index (χ1n) is 17.8. The Balaban J connectivity index is 1.52. The van der Waals surface area contributed by atoms with Crippen LogP contribution in [-0.2, 0) is 28.4 Å². The molecule has 1 saturated heterocycles. The first-order chi connectivity index (χ1) is 28.9. The van der Waals surface area contributed by atoms with Gasteiger partial charge in [-0.15, -0.1) is 0 Å². The van der Waals surface area contributed by atoms with Crippen LogP contribution in [0.15, 0.2) is 133 Å². The molecule has 0 N–H and O–H groups in total. The van der Waals surface area contributed by atoms with E-state index in [1.807, 2.05) is 0 Å². The molecule has 18 nitrogen and oxygen atoms in total. The molecule has 60 heavy (non-hydrogen) atoms. The van der Waals surface area contributed by atoms with Crippen LogP contribution in [0, 0.1) is 20.2 Å². The van der Waals surface area contributed by atoms with Crippen molar-refractivity contribution in [3.8, 4) is 5.75 Å². The molecule has 1 aliphatic rings. The summed E-state index contributed by atoms with van der Waals surface area (Å²) in [7, 11) is 0.903. The summed E-state index contributed by atoms with van der Waals surface area (Å²) >= 11 is 0. The van der Waals surface area contributed by atoms with Gasteiger partial charge >= 0.3 is 35.5 Å². The Bertz CT molecular complexity index is 2380. The van der Waals surface area contributed by atoms with Gasteiger partial charge in [-0.25, -0.2) is 24.0 Å². The summed E-state index contributed by atoms with van der Waals surface area (Å²) in [5, 5.41) is 24.2. The Morgan fingerprint density at radius 1 is 0.567 bits per heavy atom. The molecular formula is C42H32N2O16. The van der Waals surface area contributed by atoms with Gasteiger partial charge in [0.1, 0.15) is 18.3 Å². The topological polar surface area (TPSA) is 236 Å². The molecule has 0 radical (unpaired) electrons. The standard InChI is InChI=1S/C42H32N2O16/c1-54-41(49)30-22-29(43(50)51)23-31(44(52)53)33(30)60-42-36(59-40(48)28-20-12-5-13-21-28)35(58-39(47)27-18-10-4-11-19-27)34(57-38(46)26-16-8-3-9-17-26)32(56-42)24-55-37(45)25-14-6-2-7-15-25/h2-23,32,34-36,42H,24H2,1H3/t32-,34-,35+,36-,42+/m1/s1. The molecule has 1 fully saturated rings. The highest BCUT2D eigenvalue weighted by Crippen LogP contribution is 2.40. The first kappa shape index (κ1) is 41.6. The fourth-order valence-electron chi connectivity index (χ4n) is 5.96. The fourth-order valence-corrected chi connectivity index (χ4v) is 5.96. The summed E-state index contributed by atoms with van der Waals surface area (Å²) in [6.45, 7) is -0.773. The lowest BCUT2D eigenvalue weighted by Gasteiger charge is -2.44. The monoisotopic (exact) mass is 820 g/mol. The van der Waals surface area contributed by atoms with Crippen molar-refractivity contribution in [3.63, 3.8) is 0 Å². The molecule has 18 heteroatoms. The van der Waals surface area contributed by atoms with Crippen LogP contribution in [0.3, 0.4) is 0 Å². The molecule has 0 unspecified atom stereocenters. The molecular weight excluding hydrogens is 788 g/mol. The number of carbonyl (C=O) groups is 5. The van der Waals surface area contributed by atoms with Crippen LogP contribution in [0.5, 0.6) is 5.75 Å². The highest BCUT2D eigenvalue weighted by molar-refractivity contribution is 5.95. The number of nitro benzene ring substituents is 2. The van der Waals surface area contributed by atoms with Crippen molar-refractivity contribution in [1.29, 1.82) is 0 Å². The van der Waals surface area contributed by atoms with E-state index >= 15 is 0 Å². The minimum absolute atomic E-state index is 0.0195. The van der Waals surface area contributed by atoms with Gasteiger partial charge in [-0.2, -0.15) is 0 Å². The molecule has 5 aromatic rings. The third-order valence-corrected chi connectivity index (χ3v) is 8.84. The van der Waals surface area contributed by atoms with E-state index in [1.165, 1.54) is 72.8 Å². The second kappa shape index (κ2) is 19.0. The molecule has 5 aromatic carbocycles. The van der Waals surface area contributed by atoms with Crippen molar-refractivity contribution in [3.05, 3.63) is 182 Å². The Kier molecular flexibility index (Phi) is 13.2. The van der Waals surface area contributed by atoms with E-state index in [1.54, 1.807) is 48.5 Å². The molecule has 0 amide bonds. The maximum atomic E-state index is 13.9. The van der Waals surface area contributed by atoms with Crippen molar-refractivity contribution < 1.29 is 67.0 Å². The van der Waals surface area contributed by atoms with Crippen LogP contribution in [0.25, 0.3) is 0 Å². The molecule has 6 rings (SSSR count). The van der Waals surface area contributed by atoms with Gasteiger partial charge in [0.25, 0.3) is 5.69 Å². The van der Waals surface area contributed by atoms with Crippen molar-refractivity contribution in [2.24, 2.45) is 0 Å². The number of benzene rings is 5.